The molecule has 0 bridgehead atoms. The van der Waals surface area contributed by atoms with Crippen LogP contribution >= 0.6 is 11.5 Å². The van der Waals surface area contributed by atoms with Gasteiger partial charge in [-0.25, -0.2) is 15.0 Å². The molecule has 5 nitrogen and oxygen atoms in total. The van der Waals surface area contributed by atoms with Crippen LogP contribution in [0.1, 0.15) is 41.4 Å². The molecule has 6 heteroatoms. The highest BCUT2D eigenvalue weighted by molar-refractivity contribution is 7.09. The average Bonchev–Trinajstić information content (AvgIpc) is 3.09. The Balaban J connectivity index is 1.38. The maximum atomic E-state index is 4.86. The van der Waals surface area contributed by atoms with Gasteiger partial charge in [0.15, 0.2) is 0 Å². The van der Waals surface area contributed by atoms with Crippen LogP contribution in [-0.4, -0.2) is 32.4 Å². The van der Waals surface area contributed by atoms with Gasteiger partial charge < -0.3 is 4.90 Å². The molecule has 0 radical (unpaired) electrons. The van der Waals surface area contributed by atoms with Gasteiger partial charge in [0.1, 0.15) is 11.6 Å². The molecular formula is C21H25N5S. The number of rotatable bonds is 5. The number of anilines is 1. The van der Waals surface area contributed by atoms with Crippen LogP contribution in [0.25, 0.3) is 0 Å². The number of aromatic nitrogens is 4. The largest absolute Gasteiger partial charge is 0.347 e. The molecule has 3 heterocycles. The molecular weight excluding hydrogens is 354 g/mol. The van der Waals surface area contributed by atoms with Crippen LogP contribution in [0.3, 0.4) is 0 Å². The fourth-order valence-electron chi connectivity index (χ4n) is 3.69. The molecule has 0 aliphatic carbocycles. The molecule has 0 saturated carbocycles. The van der Waals surface area contributed by atoms with Crippen molar-refractivity contribution in [2.24, 2.45) is 5.92 Å². The Hall–Kier alpha value is -2.34. The van der Waals surface area contributed by atoms with Gasteiger partial charge in [-0.15, -0.1) is 0 Å². The van der Waals surface area contributed by atoms with Crippen LogP contribution in [0.5, 0.6) is 0 Å². The molecule has 1 aromatic carbocycles. The predicted octanol–water partition coefficient (Wildman–Crippen LogP) is 3.99. The van der Waals surface area contributed by atoms with Gasteiger partial charge in [0.05, 0.1) is 0 Å². The molecule has 2 aromatic heterocycles. The summed E-state index contributed by atoms with van der Waals surface area (Å²) in [7, 11) is 0. The van der Waals surface area contributed by atoms with Crippen LogP contribution in [0.4, 0.5) is 5.13 Å². The fraction of sp³-hybridized carbons (Fsp3) is 0.429. The molecule has 4 rings (SSSR count). The Kier molecular flexibility index (Phi) is 5.43. The van der Waals surface area contributed by atoms with Crippen molar-refractivity contribution >= 4 is 16.7 Å². The van der Waals surface area contributed by atoms with Crippen molar-refractivity contribution in [2.75, 3.05) is 18.0 Å². The van der Waals surface area contributed by atoms with E-state index in [1.165, 1.54) is 17.1 Å². The quantitative estimate of drug-likeness (QED) is 0.671. The molecule has 1 saturated heterocycles. The monoisotopic (exact) mass is 379 g/mol. The lowest BCUT2D eigenvalue weighted by Crippen LogP contribution is -2.34. The summed E-state index contributed by atoms with van der Waals surface area (Å²) in [5.41, 5.74) is 3.47. The fourth-order valence-corrected chi connectivity index (χ4v) is 4.41. The lowest BCUT2D eigenvalue weighted by atomic mass is 9.93. The zero-order chi connectivity index (χ0) is 18.6. The molecule has 0 unspecified atom stereocenters. The van der Waals surface area contributed by atoms with E-state index in [0.717, 1.165) is 66.9 Å². The summed E-state index contributed by atoms with van der Waals surface area (Å²) in [6.07, 6.45) is 4.15. The number of hydrogen-bond acceptors (Lipinski definition) is 6. The van der Waals surface area contributed by atoms with E-state index >= 15 is 0 Å². The number of benzene rings is 1. The maximum Gasteiger partial charge on any atom is 0.205 e. The number of hydrogen-bond donors (Lipinski definition) is 0. The van der Waals surface area contributed by atoms with Crippen molar-refractivity contribution in [2.45, 2.75) is 39.5 Å². The Morgan fingerprint density at radius 1 is 1.04 bits per heavy atom. The first-order valence-electron chi connectivity index (χ1n) is 9.58. The minimum absolute atomic E-state index is 0.640. The molecule has 1 fully saturated rings. The molecule has 0 atom stereocenters. The minimum atomic E-state index is 0.640. The standard InChI is InChI=1S/C21H25N5S/c1-15-12-19(13-17-6-4-3-5-7-17)24-20(22-15)14-18-8-10-26(11-9-18)21-23-16(2)25-27-21/h3-7,12,18H,8-11,13-14H2,1-2H3. The van der Waals surface area contributed by atoms with E-state index in [1.807, 2.05) is 6.92 Å². The Morgan fingerprint density at radius 2 is 1.81 bits per heavy atom. The van der Waals surface area contributed by atoms with Gasteiger partial charge >= 0.3 is 0 Å². The third-order valence-corrected chi connectivity index (χ3v) is 5.92. The smallest absolute Gasteiger partial charge is 0.205 e. The first-order valence-corrected chi connectivity index (χ1v) is 10.4. The van der Waals surface area contributed by atoms with Crippen molar-refractivity contribution < 1.29 is 0 Å². The summed E-state index contributed by atoms with van der Waals surface area (Å²) in [5.74, 6) is 2.50. The first-order chi connectivity index (χ1) is 13.2. The van der Waals surface area contributed by atoms with E-state index < -0.39 is 0 Å². The van der Waals surface area contributed by atoms with Gasteiger partial charge in [0.25, 0.3) is 0 Å². The van der Waals surface area contributed by atoms with Crippen LogP contribution in [-0.2, 0) is 12.8 Å². The van der Waals surface area contributed by atoms with Crippen molar-refractivity contribution in [3.63, 3.8) is 0 Å². The van der Waals surface area contributed by atoms with E-state index in [4.69, 9.17) is 9.97 Å². The summed E-state index contributed by atoms with van der Waals surface area (Å²) in [4.78, 5) is 16.4. The number of piperidine rings is 1. The third-order valence-electron chi connectivity index (χ3n) is 5.05. The molecule has 140 valence electrons. The van der Waals surface area contributed by atoms with Crippen LogP contribution < -0.4 is 4.90 Å². The summed E-state index contributed by atoms with van der Waals surface area (Å²) in [6.45, 7) is 6.11. The summed E-state index contributed by atoms with van der Waals surface area (Å²) < 4.78 is 4.30. The molecule has 1 aliphatic rings. The molecule has 0 N–H and O–H groups in total. The second-order valence-electron chi connectivity index (χ2n) is 7.34. The van der Waals surface area contributed by atoms with Crippen LogP contribution in [0, 0.1) is 19.8 Å². The first kappa shape index (κ1) is 18.0. The van der Waals surface area contributed by atoms with E-state index in [2.05, 4.69) is 57.6 Å². The van der Waals surface area contributed by atoms with Crippen LogP contribution in [0.15, 0.2) is 36.4 Å². The van der Waals surface area contributed by atoms with E-state index in [-0.39, 0.29) is 0 Å². The topological polar surface area (TPSA) is 54.8 Å². The van der Waals surface area contributed by atoms with Crippen molar-refractivity contribution in [3.05, 3.63) is 65.0 Å². The highest BCUT2D eigenvalue weighted by Gasteiger charge is 2.22. The lowest BCUT2D eigenvalue weighted by molar-refractivity contribution is 0.396. The molecule has 3 aromatic rings. The van der Waals surface area contributed by atoms with E-state index in [9.17, 15) is 0 Å². The molecule has 0 spiro atoms. The highest BCUT2D eigenvalue weighted by atomic mass is 32.1. The minimum Gasteiger partial charge on any atom is -0.347 e. The van der Waals surface area contributed by atoms with Crippen molar-refractivity contribution in [1.82, 2.24) is 19.3 Å². The predicted molar refractivity (Wildman–Crippen MR) is 109 cm³/mol. The molecule has 1 aliphatic heterocycles. The summed E-state index contributed by atoms with van der Waals surface area (Å²) in [5, 5.41) is 1.06. The van der Waals surface area contributed by atoms with Crippen molar-refractivity contribution in [3.8, 4) is 0 Å². The second kappa shape index (κ2) is 8.13. The Bertz CT molecular complexity index is 885. The van der Waals surface area contributed by atoms with Gasteiger partial charge in [0.2, 0.25) is 5.13 Å². The van der Waals surface area contributed by atoms with Gasteiger partial charge in [0, 0.05) is 48.9 Å². The maximum absolute atomic E-state index is 4.86. The average molecular weight is 380 g/mol. The van der Waals surface area contributed by atoms with E-state index in [1.54, 1.807) is 0 Å². The zero-order valence-electron chi connectivity index (χ0n) is 15.9. The molecule has 27 heavy (non-hydrogen) atoms. The van der Waals surface area contributed by atoms with Gasteiger partial charge in [-0.1, -0.05) is 30.3 Å². The normalized spacial score (nSPS) is 15.3. The SMILES string of the molecule is Cc1cc(Cc2ccccc2)nc(CC2CCN(c3nc(C)ns3)CC2)n1. The van der Waals surface area contributed by atoms with Crippen molar-refractivity contribution in [1.29, 1.82) is 0 Å². The van der Waals surface area contributed by atoms with E-state index in [0.29, 0.717) is 5.92 Å². The Labute approximate surface area is 164 Å². The number of aryl methyl sites for hydroxylation is 2. The van der Waals surface area contributed by atoms with Gasteiger partial charge in [-0.3, -0.25) is 0 Å². The zero-order valence-corrected chi connectivity index (χ0v) is 16.7. The third kappa shape index (κ3) is 4.69. The van der Waals surface area contributed by atoms with Crippen LogP contribution in [0.2, 0.25) is 0 Å². The lowest BCUT2D eigenvalue weighted by Gasteiger charge is -2.31. The summed E-state index contributed by atoms with van der Waals surface area (Å²) in [6, 6.07) is 12.6. The highest BCUT2D eigenvalue weighted by Crippen LogP contribution is 2.26. The second-order valence-corrected chi connectivity index (χ2v) is 8.07. The van der Waals surface area contributed by atoms with Gasteiger partial charge in [-0.05, 0) is 44.2 Å². The summed E-state index contributed by atoms with van der Waals surface area (Å²) >= 11 is 1.51. The molecule has 0 amide bonds. The van der Waals surface area contributed by atoms with Gasteiger partial charge in [-0.2, -0.15) is 4.37 Å². The Morgan fingerprint density at radius 3 is 2.52 bits per heavy atom. The number of nitrogens with zero attached hydrogens (tertiary/aromatic N) is 5.